The molecule has 1 saturated heterocycles. The van der Waals surface area contributed by atoms with Crippen LogP contribution >= 0.6 is 0 Å². The van der Waals surface area contributed by atoms with Crippen molar-refractivity contribution in [2.45, 2.75) is 25.2 Å². The van der Waals surface area contributed by atoms with Gasteiger partial charge in [-0.15, -0.1) is 0 Å². The summed E-state index contributed by atoms with van der Waals surface area (Å²) in [5.74, 6) is -2.86. The Balaban J connectivity index is 0.000000258. The summed E-state index contributed by atoms with van der Waals surface area (Å²) in [6.07, 6.45) is 3.96. The number of aliphatic carboxylic acids is 2. The van der Waals surface area contributed by atoms with E-state index in [1.54, 1.807) is 0 Å². The van der Waals surface area contributed by atoms with Gasteiger partial charge in [-0.3, -0.25) is 0 Å². The van der Waals surface area contributed by atoms with Crippen molar-refractivity contribution in [2.24, 2.45) is 0 Å². The summed E-state index contributed by atoms with van der Waals surface area (Å²) in [5.41, 5.74) is 1.52. The van der Waals surface area contributed by atoms with Gasteiger partial charge in [0.2, 0.25) is 0 Å². The average Bonchev–Trinajstić information content (AvgIpc) is 2.69. The Labute approximate surface area is 112 Å². The Morgan fingerprint density at radius 2 is 1.63 bits per heavy atom. The molecule has 1 fully saturated rings. The summed E-state index contributed by atoms with van der Waals surface area (Å²) < 4.78 is 0. The van der Waals surface area contributed by atoms with Crippen molar-refractivity contribution in [3.8, 4) is 0 Å². The molecule has 1 aliphatic heterocycles. The lowest BCUT2D eigenvalue weighted by Crippen LogP contribution is -2.13. The van der Waals surface area contributed by atoms with Crippen molar-refractivity contribution in [3.05, 3.63) is 35.9 Å². The molecule has 2 rings (SSSR count). The van der Waals surface area contributed by atoms with Crippen LogP contribution < -0.4 is 5.32 Å². The second-order valence-corrected chi connectivity index (χ2v) is 4.40. The highest BCUT2D eigenvalue weighted by Crippen LogP contribution is 2.25. The van der Waals surface area contributed by atoms with Gasteiger partial charge in [0.1, 0.15) is 0 Å². The van der Waals surface area contributed by atoms with Crippen LogP contribution in [0.4, 0.5) is 0 Å². The van der Waals surface area contributed by atoms with Crippen LogP contribution in [-0.4, -0.2) is 35.2 Å². The van der Waals surface area contributed by atoms with Gasteiger partial charge in [-0.1, -0.05) is 30.3 Å². The smallest absolute Gasteiger partial charge is 0.414 e. The van der Waals surface area contributed by atoms with Crippen LogP contribution in [0, 0.1) is 0 Å². The number of carboxylic acid groups (broad SMARTS) is 2. The highest BCUT2D eigenvalue weighted by molar-refractivity contribution is 6.27. The number of nitrogens with one attached hydrogen (secondary N) is 1. The van der Waals surface area contributed by atoms with E-state index in [1.165, 1.54) is 37.9 Å². The molecule has 0 radical (unpaired) electrons. The maximum atomic E-state index is 9.10. The zero-order valence-electron chi connectivity index (χ0n) is 10.7. The molecule has 1 aromatic carbocycles. The third-order valence-corrected chi connectivity index (χ3v) is 3.03. The number of hydrogen-bond donors (Lipinski definition) is 3. The highest BCUT2D eigenvalue weighted by Gasteiger charge is 2.12. The van der Waals surface area contributed by atoms with E-state index in [0.717, 1.165) is 5.92 Å². The van der Waals surface area contributed by atoms with Crippen molar-refractivity contribution in [1.29, 1.82) is 0 Å². The fourth-order valence-corrected chi connectivity index (χ4v) is 2.08. The van der Waals surface area contributed by atoms with Crippen molar-refractivity contribution in [1.82, 2.24) is 5.32 Å². The largest absolute Gasteiger partial charge is 0.473 e. The second-order valence-electron chi connectivity index (χ2n) is 4.40. The van der Waals surface area contributed by atoms with Crippen molar-refractivity contribution < 1.29 is 19.8 Å². The Morgan fingerprint density at radius 3 is 2.21 bits per heavy atom. The molecule has 1 aliphatic rings. The first-order chi connectivity index (χ1) is 9.11. The van der Waals surface area contributed by atoms with Gasteiger partial charge in [-0.25, -0.2) is 9.59 Å². The van der Waals surface area contributed by atoms with Gasteiger partial charge in [-0.2, -0.15) is 0 Å². The normalized spacial score (nSPS) is 18.6. The van der Waals surface area contributed by atoms with E-state index in [9.17, 15) is 0 Å². The van der Waals surface area contributed by atoms with Gasteiger partial charge in [0.15, 0.2) is 0 Å². The molecule has 1 atom stereocenters. The van der Waals surface area contributed by atoms with Crippen LogP contribution in [-0.2, 0) is 9.59 Å². The van der Waals surface area contributed by atoms with Crippen LogP contribution in [0.1, 0.15) is 30.7 Å². The lowest BCUT2D eigenvalue weighted by Gasteiger charge is -2.13. The third-order valence-electron chi connectivity index (χ3n) is 3.03. The van der Waals surface area contributed by atoms with E-state index in [2.05, 4.69) is 35.6 Å². The molecule has 1 aromatic rings. The second kappa shape index (κ2) is 8.26. The average molecular weight is 265 g/mol. The number of hydrogen-bond acceptors (Lipinski definition) is 3. The lowest BCUT2D eigenvalue weighted by molar-refractivity contribution is -0.159. The molecule has 5 nitrogen and oxygen atoms in total. The Bertz CT molecular complexity index is 385. The molecule has 104 valence electrons. The number of rotatable bonds is 1. The summed E-state index contributed by atoms with van der Waals surface area (Å²) in [4.78, 5) is 18.2. The highest BCUT2D eigenvalue weighted by atomic mass is 16.4. The topological polar surface area (TPSA) is 86.6 Å². The lowest BCUT2D eigenvalue weighted by atomic mass is 9.92. The molecule has 3 N–H and O–H groups in total. The minimum Gasteiger partial charge on any atom is -0.473 e. The van der Waals surface area contributed by atoms with Gasteiger partial charge >= 0.3 is 11.9 Å². The minimum absolute atomic E-state index is 0.788. The summed E-state index contributed by atoms with van der Waals surface area (Å²) in [5, 5.41) is 18.2. The molecule has 19 heavy (non-hydrogen) atoms. The van der Waals surface area contributed by atoms with Gasteiger partial charge < -0.3 is 15.5 Å². The monoisotopic (exact) mass is 265 g/mol. The van der Waals surface area contributed by atoms with Gasteiger partial charge in [-0.05, 0) is 43.8 Å². The van der Waals surface area contributed by atoms with E-state index in [4.69, 9.17) is 19.8 Å². The predicted octanol–water partition coefficient (Wildman–Crippen LogP) is 1.70. The predicted molar refractivity (Wildman–Crippen MR) is 71.2 cm³/mol. The maximum absolute atomic E-state index is 9.10. The van der Waals surface area contributed by atoms with Crippen molar-refractivity contribution >= 4 is 11.9 Å². The van der Waals surface area contributed by atoms with Crippen molar-refractivity contribution in [2.75, 3.05) is 13.1 Å². The van der Waals surface area contributed by atoms with E-state index in [-0.39, 0.29) is 0 Å². The Hall–Kier alpha value is -1.88. The van der Waals surface area contributed by atoms with E-state index in [0.29, 0.717) is 0 Å². The van der Waals surface area contributed by atoms with Crippen LogP contribution in [0.3, 0.4) is 0 Å². The van der Waals surface area contributed by atoms with E-state index < -0.39 is 11.9 Å². The quantitative estimate of drug-likeness (QED) is 0.673. The first-order valence-electron chi connectivity index (χ1n) is 6.33. The summed E-state index contributed by atoms with van der Waals surface area (Å²) >= 11 is 0. The molecule has 0 aliphatic carbocycles. The van der Waals surface area contributed by atoms with E-state index in [1.807, 2.05) is 0 Å². The number of benzene rings is 1. The fourth-order valence-electron chi connectivity index (χ4n) is 2.08. The SMILES string of the molecule is O=C(O)C(=O)O.c1ccc(C2CCCNCC2)cc1. The van der Waals surface area contributed by atoms with Gasteiger partial charge in [0.05, 0.1) is 0 Å². The molecule has 0 saturated carbocycles. The first kappa shape index (κ1) is 15.2. The molecule has 0 amide bonds. The van der Waals surface area contributed by atoms with Crippen LogP contribution in [0.2, 0.25) is 0 Å². The zero-order valence-corrected chi connectivity index (χ0v) is 10.7. The van der Waals surface area contributed by atoms with E-state index >= 15 is 0 Å². The van der Waals surface area contributed by atoms with Gasteiger partial charge in [0, 0.05) is 0 Å². The summed E-state index contributed by atoms with van der Waals surface area (Å²) in [6, 6.07) is 10.9. The summed E-state index contributed by atoms with van der Waals surface area (Å²) in [6.45, 7) is 2.38. The number of carbonyl (C=O) groups is 2. The molecule has 5 heteroatoms. The molecular weight excluding hydrogens is 246 g/mol. The van der Waals surface area contributed by atoms with Gasteiger partial charge in [0.25, 0.3) is 0 Å². The molecule has 0 aromatic heterocycles. The Kier molecular flexibility index (Phi) is 6.60. The standard InChI is InChI=1S/C12H17N.C2H2O4/c1-2-5-11(6-3-1)12-7-4-9-13-10-8-12;3-1(4)2(5)6/h1-3,5-6,12-13H,4,7-10H2;(H,3,4)(H,5,6). The molecule has 0 spiro atoms. The summed E-state index contributed by atoms with van der Waals surface area (Å²) in [7, 11) is 0. The van der Waals surface area contributed by atoms with Crippen LogP contribution in [0.5, 0.6) is 0 Å². The maximum Gasteiger partial charge on any atom is 0.414 e. The first-order valence-corrected chi connectivity index (χ1v) is 6.33. The molecule has 0 bridgehead atoms. The fraction of sp³-hybridized carbons (Fsp3) is 0.429. The van der Waals surface area contributed by atoms with Crippen LogP contribution in [0.15, 0.2) is 30.3 Å². The van der Waals surface area contributed by atoms with Crippen molar-refractivity contribution in [3.63, 3.8) is 0 Å². The molecule has 1 unspecified atom stereocenters. The molecular formula is C14H19NO4. The van der Waals surface area contributed by atoms with Crippen LogP contribution in [0.25, 0.3) is 0 Å². The minimum atomic E-state index is -1.82. The molecule has 1 heterocycles. The zero-order chi connectivity index (χ0) is 14.1. The number of carboxylic acids is 2. The third kappa shape index (κ3) is 6.01. The Morgan fingerprint density at radius 1 is 1.00 bits per heavy atom.